The van der Waals surface area contributed by atoms with Gasteiger partial charge in [-0.2, -0.15) is 0 Å². The molecule has 1 aromatic rings. The zero-order valence-electron chi connectivity index (χ0n) is 4.48. The van der Waals surface area contributed by atoms with E-state index < -0.39 is 0 Å². The van der Waals surface area contributed by atoms with Crippen LogP contribution in [0.5, 0.6) is 0 Å². The van der Waals surface area contributed by atoms with Crippen molar-refractivity contribution >= 4 is 29.4 Å². The molecule has 0 bridgehead atoms. The smallest absolute Gasteiger partial charge is 0.174 e. The van der Waals surface area contributed by atoms with Crippen LogP contribution in [-0.2, 0) is 4.79 Å². The molecule has 0 aliphatic heterocycles. The Labute approximate surface area is 60.5 Å². The van der Waals surface area contributed by atoms with Crippen molar-refractivity contribution in [2.24, 2.45) is 0 Å². The van der Waals surface area contributed by atoms with E-state index in [2.05, 4.69) is 10.2 Å². The molecule has 48 valence electrons. The van der Waals surface area contributed by atoms with Crippen molar-refractivity contribution in [2.75, 3.05) is 5.75 Å². The van der Waals surface area contributed by atoms with Crippen molar-refractivity contribution in [3.63, 3.8) is 0 Å². The highest BCUT2D eigenvalue weighted by Gasteiger charge is 1.93. The molecule has 1 aromatic heterocycles. The van der Waals surface area contributed by atoms with E-state index in [1.165, 1.54) is 23.1 Å². The van der Waals surface area contributed by atoms with Crippen LogP contribution < -0.4 is 0 Å². The Balaban J connectivity index is 2.38. The van der Waals surface area contributed by atoms with Crippen LogP contribution >= 0.6 is 23.1 Å². The lowest BCUT2D eigenvalue weighted by atomic mass is 10.9. The van der Waals surface area contributed by atoms with E-state index in [1.54, 1.807) is 5.51 Å². The van der Waals surface area contributed by atoms with E-state index in [0.29, 0.717) is 5.75 Å². The van der Waals surface area contributed by atoms with Gasteiger partial charge in [0, 0.05) is 0 Å². The fraction of sp³-hybridized carbons (Fsp3) is 0.250. The van der Waals surface area contributed by atoms with Crippen LogP contribution in [0.15, 0.2) is 9.85 Å². The molecule has 0 aliphatic carbocycles. The van der Waals surface area contributed by atoms with E-state index in [9.17, 15) is 4.79 Å². The maximum atomic E-state index is 9.84. The molecular weight excluding hydrogens is 156 g/mol. The predicted molar refractivity (Wildman–Crippen MR) is 36.7 cm³/mol. The fourth-order valence-corrected chi connectivity index (χ4v) is 1.53. The van der Waals surface area contributed by atoms with Gasteiger partial charge in [0.05, 0.1) is 5.75 Å². The molecule has 0 spiro atoms. The van der Waals surface area contributed by atoms with Gasteiger partial charge in [-0.15, -0.1) is 10.2 Å². The number of thioether (sulfide) groups is 1. The van der Waals surface area contributed by atoms with Crippen molar-refractivity contribution in [1.82, 2.24) is 10.2 Å². The minimum absolute atomic E-state index is 0.467. The molecule has 0 aliphatic rings. The van der Waals surface area contributed by atoms with Crippen LogP contribution in [0.25, 0.3) is 0 Å². The number of hydrogen-bond acceptors (Lipinski definition) is 5. The van der Waals surface area contributed by atoms with Gasteiger partial charge in [-0.3, -0.25) is 0 Å². The second-order valence-electron chi connectivity index (χ2n) is 1.18. The number of aldehydes is 1. The summed E-state index contributed by atoms with van der Waals surface area (Å²) in [5.41, 5.74) is 1.65. The van der Waals surface area contributed by atoms with Crippen molar-refractivity contribution in [1.29, 1.82) is 0 Å². The van der Waals surface area contributed by atoms with Crippen LogP contribution in [0.2, 0.25) is 0 Å². The van der Waals surface area contributed by atoms with Gasteiger partial charge in [-0.1, -0.05) is 23.1 Å². The maximum absolute atomic E-state index is 9.84. The second-order valence-corrected chi connectivity index (χ2v) is 3.28. The molecule has 0 unspecified atom stereocenters. The van der Waals surface area contributed by atoms with E-state index in [4.69, 9.17) is 0 Å². The first-order valence-corrected chi connectivity index (χ1v) is 4.12. The van der Waals surface area contributed by atoms with E-state index in [1.807, 2.05) is 0 Å². The molecule has 5 heteroatoms. The van der Waals surface area contributed by atoms with Crippen LogP contribution in [0.4, 0.5) is 0 Å². The minimum Gasteiger partial charge on any atom is -0.302 e. The Kier molecular flexibility index (Phi) is 2.66. The summed E-state index contributed by atoms with van der Waals surface area (Å²) >= 11 is 2.85. The molecule has 0 saturated heterocycles. The summed E-state index contributed by atoms with van der Waals surface area (Å²) in [6.07, 6.45) is 0.853. The third-order valence-electron chi connectivity index (χ3n) is 0.615. The van der Waals surface area contributed by atoms with Crippen molar-refractivity contribution < 1.29 is 4.79 Å². The van der Waals surface area contributed by atoms with Gasteiger partial charge in [0.25, 0.3) is 0 Å². The topological polar surface area (TPSA) is 42.9 Å². The summed E-state index contributed by atoms with van der Waals surface area (Å²) in [6, 6.07) is 0. The number of carbonyl (C=O) groups excluding carboxylic acids is 1. The van der Waals surface area contributed by atoms with Gasteiger partial charge < -0.3 is 4.79 Å². The van der Waals surface area contributed by atoms with Crippen LogP contribution in [0.3, 0.4) is 0 Å². The fourth-order valence-electron chi connectivity index (χ4n) is 0.331. The molecule has 0 aromatic carbocycles. The minimum atomic E-state index is 0.467. The van der Waals surface area contributed by atoms with Gasteiger partial charge in [-0.05, 0) is 0 Å². The SMILES string of the molecule is O=CCSc1nncs1. The molecule has 0 amide bonds. The molecule has 9 heavy (non-hydrogen) atoms. The Bertz CT molecular complexity index is 175. The largest absolute Gasteiger partial charge is 0.302 e. The van der Waals surface area contributed by atoms with E-state index >= 15 is 0 Å². The Morgan fingerprint density at radius 2 is 2.78 bits per heavy atom. The van der Waals surface area contributed by atoms with Crippen LogP contribution in [0, 0.1) is 0 Å². The van der Waals surface area contributed by atoms with E-state index in [-0.39, 0.29) is 0 Å². The highest BCUT2D eigenvalue weighted by Crippen LogP contribution is 2.16. The van der Waals surface area contributed by atoms with Gasteiger partial charge in [-0.25, -0.2) is 0 Å². The highest BCUT2D eigenvalue weighted by molar-refractivity contribution is 8.01. The van der Waals surface area contributed by atoms with Crippen LogP contribution in [-0.4, -0.2) is 22.2 Å². The molecule has 3 nitrogen and oxygen atoms in total. The Morgan fingerprint density at radius 1 is 1.89 bits per heavy atom. The summed E-state index contributed by atoms with van der Waals surface area (Å²) in [7, 11) is 0. The van der Waals surface area contributed by atoms with E-state index in [0.717, 1.165) is 10.6 Å². The maximum Gasteiger partial charge on any atom is 0.174 e. The Morgan fingerprint density at radius 3 is 3.33 bits per heavy atom. The Hall–Kier alpha value is -0.420. The first-order valence-electron chi connectivity index (χ1n) is 2.26. The normalized spacial score (nSPS) is 9.33. The third-order valence-corrected chi connectivity index (χ3v) is 2.37. The van der Waals surface area contributed by atoms with Gasteiger partial charge in [0.15, 0.2) is 4.34 Å². The second kappa shape index (κ2) is 3.58. The van der Waals surface area contributed by atoms with Crippen molar-refractivity contribution in [3.05, 3.63) is 5.51 Å². The number of hydrogen-bond donors (Lipinski definition) is 0. The van der Waals surface area contributed by atoms with Crippen molar-refractivity contribution in [3.8, 4) is 0 Å². The molecule has 0 saturated carbocycles. The number of rotatable bonds is 3. The molecule has 1 heterocycles. The monoisotopic (exact) mass is 160 g/mol. The number of nitrogens with zero attached hydrogens (tertiary/aromatic N) is 2. The summed E-state index contributed by atoms with van der Waals surface area (Å²) in [5, 5.41) is 7.33. The lowest BCUT2D eigenvalue weighted by Gasteiger charge is -1.82. The average Bonchev–Trinajstić information content (AvgIpc) is 2.34. The average molecular weight is 160 g/mol. The summed E-state index contributed by atoms with van der Waals surface area (Å²) < 4.78 is 0.849. The summed E-state index contributed by atoms with van der Waals surface area (Å²) in [4.78, 5) is 9.84. The molecule has 0 atom stereocenters. The van der Waals surface area contributed by atoms with Crippen LogP contribution in [0.1, 0.15) is 0 Å². The first-order chi connectivity index (χ1) is 4.43. The van der Waals surface area contributed by atoms with Gasteiger partial charge in [0.1, 0.15) is 11.8 Å². The number of carbonyl (C=O) groups is 1. The van der Waals surface area contributed by atoms with Gasteiger partial charge in [0.2, 0.25) is 0 Å². The quantitative estimate of drug-likeness (QED) is 0.485. The number of aromatic nitrogens is 2. The summed E-state index contributed by atoms with van der Waals surface area (Å²) in [6.45, 7) is 0. The van der Waals surface area contributed by atoms with Crippen molar-refractivity contribution in [2.45, 2.75) is 4.34 Å². The zero-order chi connectivity index (χ0) is 6.53. The third kappa shape index (κ3) is 2.11. The summed E-state index contributed by atoms with van der Waals surface area (Å²) in [5.74, 6) is 0.467. The lowest BCUT2D eigenvalue weighted by Crippen LogP contribution is -1.77. The zero-order valence-corrected chi connectivity index (χ0v) is 6.11. The molecule has 0 fully saturated rings. The predicted octanol–water partition coefficient (Wildman–Crippen LogP) is 0.829. The standard InChI is InChI=1S/C4H4N2OS2/c7-1-2-8-4-6-5-3-9-4/h1,3H,2H2. The molecule has 1 rings (SSSR count). The highest BCUT2D eigenvalue weighted by atomic mass is 32.2. The molecule has 0 radical (unpaired) electrons. The first kappa shape index (κ1) is 6.70. The molecule has 0 N–H and O–H groups in total. The molecular formula is C4H4N2OS2. The lowest BCUT2D eigenvalue weighted by molar-refractivity contribution is -0.105. The van der Waals surface area contributed by atoms with Gasteiger partial charge >= 0.3 is 0 Å².